The van der Waals surface area contributed by atoms with E-state index in [1.54, 1.807) is 24.3 Å². The summed E-state index contributed by atoms with van der Waals surface area (Å²) in [6, 6.07) is 6.43. The van der Waals surface area contributed by atoms with E-state index in [-0.39, 0.29) is 12.5 Å². The summed E-state index contributed by atoms with van der Waals surface area (Å²) in [6.45, 7) is 0.484. The van der Waals surface area contributed by atoms with Crippen molar-refractivity contribution in [3.8, 4) is 0 Å². The Morgan fingerprint density at radius 2 is 1.95 bits per heavy atom. The molecular weight excluding hydrogens is 250 g/mol. The molecule has 0 saturated heterocycles. The van der Waals surface area contributed by atoms with Gasteiger partial charge in [0.15, 0.2) is 0 Å². The zero-order valence-electron chi connectivity index (χ0n) is 10.4. The van der Waals surface area contributed by atoms with Crippen LogP contribution in [0.4, 0.5) is 11.4 Å². The van der Waals surface area contributed by atoms with E-state index in [1.165, 1.54) is 6.92 Å². The maximum atomic E-state index is 11.7. The lowest BCUT2D eigenvalue weighted by atomic mass is 10.2. The zero-order valence-corrected chi connectivity index (χ0v) is 10.4. The van der Waals surface area contributed by atoms with Crippen molar-refractivity contribution in [2.75, 3.05) is 23.3 Å². The van der Waals surface area contributed by atoms with E-state index in [2.05, 4.69) is 5.32 Å². The second-order valence-corrected chi connectivity index (χ2v) is 3.78. The van der Waals surface area contributed by atoms with Gasteiger partial charge < -0.3 is 16.2 Å². The van der Waals surface area contributed by atoms with E-state index in [9.17, 15) is 14.4 Å². The molecule has 2 amide bonds. The largest absolute Gasteiger partial charge is 0.480 e. The highest BCUT2D eigenvalue weighted by molar-refractivity contribution is 6.03. The number of hydrogen-bond donors (Lipinski definition) is 3. The maximum Gasteiger partial charge on any atom is 0.323 e. The van der Waals surface area contributed by atoms with Crippen LogP contribution in [0.5, 0.6) is 0 Å². The molecule has 4 N–H and O–H groups in total. The summed E-state index contributed by atoms with van der Waals surface area (Å²) >= 11 is 0. The van der Waals surface area contributed by atoms with E-state index in [1.807, 2.05) is 0 Å². The number of nitrogens with one attached hydrogen (secondary N) is 1. The number of rotatable bonds is 5. The van der Waals surface area contributed by atoms with Crippen LogP contribution in [0.15, 0.2) is 24.3 Å². The minimum Gasteiger partial charge on any atom is -0.480 e. The fraction of sp³-hybridized carbons (Fsp3) is 0.250. The Kier molecular flexibility index (Phi) is 5.01. The summed E-state index contributed by atoms with van der Waals surface area (Å²) in [5, 5.41) is 11.4. The lowest BCUT2D eigenvalue weighted by Crippen LogP contribution is -2.40. The normalized spacial score (nSPS) is 9.79. The SMILES string of the molecule is CC(=O)Nc1ccccc1N(CC(=O)O)C(=O)CN. The Hall–Kier alpha value is -2.41. The number of amides is 2. The molecule has 1 rings (SSSR count). The third-order valence-corrected chi connectivity index (χ3v) is 2.27. The lowest BCUT2D eigenvalue weighted by molar-refractivity contribution is -0.136. The Balaban J connectivity index is 3.17. The molecule has 0 aromatic heterocycles. The molecule has 0 fully saturated rings. The van der Waals surface area contributed by atoms with Crippen LogP contribution >= 0.6 is 0 Å². The van der Waals surface area contributed by atoms with E-state index < -0.39 is 18.4 Å². The molecule has 1 aromatic rings. The predicted octanol–water partition coefficient (Wildman–Crippen LogP) is 0.0213. The van der Waals surface area contributed by atoms with Crippen molar-refractivity contribution in [3.05, 3.63) is 24.3 Å². The summed E-state index contributed by atoms with van der Waals surface area (Å²) in [6.07, 6.45) is 0. The number of carbonyl (C=O) groups excluding carboxylic acids is 2. The molecule has 7 nitrogen and oxygen atoms in total. The third-order valence-electron chi connectivity index (χ3n) is 2.27. The first-order valence-corrected chi connectivity index (χ1v) is 5.54. The minimum atomic E-state index is -1.17. The summed E-state index contributed by atoms with van der Waals surface area (Å²) in [4.78, 5) is 34.6. The fourth-order valence-corrected chi connectivity index (χ4v) is 1.56. The molecule has 0 aliphatic heterocycles. The number of aliphatic carboxylic acids is 1. The third kappa shape index (κ3) is 4.07. The predicted molar refractivity (Wildman–Crippen MR) is 69.8 cm³/mol. The summed E-state index contributed by atoms with van der Waals surface area (Å²) in [5.41, 5.74) is 5.93. The molecule has 0 unspecified atom stereocenters. The van der Waals surface area contributed by atoms with Gasteiger partial charge in [0, 0.05) is 6.92 Å². The van der Waals surface area contributed by atoms with Gasteiger partial charge in [0.25, 0.3) is 0 Å². The van der Waals surface area contributed by atoms with Crippen molar-refractivity contribution in [1.82, 2.24) is 0 Å². The van der Waals surface area contributed by atoms with Crippen LogP contribution in [0.3, 0.4) is 0 Å². The van der Waals surface area contributed by atoms with Crippen molar-refractivity contribution in [3.63, 3.8) is 0 Å². The topological polar surface area (TPSA) is 113 Å². The van der Waals surface area contributed by atoms with Crippen molar-refractivity contribution >= 4 is 29.2 Å². The first-order chi connectivity index (χ1) is 8.95. The van der Waals surface area contributed by atoms with Gasteiger partial charge in [-0.3, -0.25) is 19.3 Å². The summed E-state index contributed by atoms with van der Waals surface area (Å²) < 4.78 is 0. The van der Waals surface area contributed by atoms with Crippen LogP contribution in [0.1, 0.15) is 6.92 Å². The van der Waals surface area contributed by atoms with Gasteiger partial charge in [-0.1, -0.05) is 12.1 Å². The molecule has 0 atom stereocenters. The standard InChI is InChI=1S/C12H15N3O4/c1-8(16)14-9-4-2-3-5-10(9)15(7-12(18)19)11(17)6-13/h2-5H,6-7,13H2,1H3,(H,14,16)(H,18,19). The molecular formula is C12H15N3O4. The van der Waals surface area contributed by atoms with Crippen LogP contribution in [0.25, 0.3) is 0 Å². The van der Waals surface area contributed by atoms with Gasteiger partial charge in [-0.25, -0.2) is 0 Å². The van der Waals surface area contributed by atoms with Crippen molar-refractivity contribution in [2.24, 2.45) is 5.73 Å². The Morgan fingerprint density at radius 3 is 2.47 bits per heavy atom. The van der Waals surface area contributed by atoms with Gasteiger partial charge in [0.1, 0.15) is 6.54 Å². The van der Waals surface area contributed by atoms with E-state index in [0.29, 0.717) is 11.4 Å². The molecule has 0 aliphatic carbocycles. The van der Waals surface area contributed by atoms with Crippen LogP contribution in [-0.2, 0) is 14.4 Å². The molecule has 19 heavy (non-hydrogen) atoms. The number of carbonyl (C=O) groups is 3. The number of benzene rings is 1. The first-order valence-electron chi connectivity index (χ1n) is 5.54. The van der Waals surface area contributed by atoms with Gasteiger partial charge in [-0.2, -0.15) is 0 Å². The van der Waals surface area contributed by atoms with E-state index >= 15 is 0 Å². The number of hydrogen-bond acceptors (Lipinski definition) is 4. The van der Waals surface area contributed by atoms with Crippen LogP contribution < -0.4 is 16.0 Å². The zero-order chi connectivity index (χ0) is 14.4. The molecule has 1 aromatic carbocycles. The van der Waals surface area contributed by atoms with Gasteiger partial charge in [-0.15, -0.1) is 0 Å². The summed E-state index contributed by atoms with van der Waals surface area (Å²) in [7, 11) is 0. The van der Waals surface area contributed by atoms with Gasteiger partial charge in [0.2, 0.25) is 11.8 Å². The average Bonchev–Trinajstić information content (AvgIpc) is 2.35. The Labute approximate surface area is 110 Å². The average molecular weight is 265 g/mol. The quantitative estimate of drug-likeness (QED) is 0.694. The number of para-hydroxylation sites is 2. The Morgan fingerprint density at radius 1 is 1.32 bits per heavy atom. The van der Waals surface area contributed by atoms with Gasteiger partial charge in [-0.05, 0) is 12.1 Å². The number of nitrogens with zero attached hydrogens (tertiary/aromatic N) is 1. The molecule has 0 radical (unpaired) electrons. The number of carboxylic acids is 1. The minimum absolute atomic E-state index is 0.301. The first kappa shape index (κ1) is 14.7. The number of nitrogens with two attached hydrogens (primary N) is 1. The van der Waals surface area contributed by atoms with E-state index in [4.69, 9.17) is 10.8 Å². The molecule has 0 aliphatic rings. The second-order valence-electron chi connectivity index (χ2n) is 3.78. The fourth-order valence-electron chi connectivity index (χ4n) is 1.56. The second kappa shape index (κ2) is 6.50. The molecule has 7 heteroatoms. The highest BCUT2D eigenvalue weighted by Gasteiger charge is 2.20. The highest BCUT2D eigenvalue weighted by atomic mass is 16.4. The van der Waals surface area contributed by atoms with Crippen molar-refractivity contribution < 1.29 is 19.5 Å². The highest BCUT2D eigenvalue weighted by Crippen LogP contribution is 2.25. The molecule has 0 bridgehead atoms. The molecule has 102 valence electrons. The van der Waals surface area contributed by atoms with Gasteiger partial charge >= 0.3 is 5.97 Å². The van der Waals surface area contributed by atoms with Crippen LogP contribution in [0, 0.1) is 0 Å². The number of anilines is 2. The smallest absolute Gasteiger partial charge is 0.323 e. The van der Waals surface area contributed by atoms with Crippen molar-refractivity contribution in [2.45, 2.75) is 6.92 Å². The van der Waals surface area contributed by atoms with Gasteiger partial charge in [0.05, 0.1) is 17.9 Å². The van der Waals surface area contributed by atoms with Crippen LogP contribution in [-0.4, -0.2) is 36.0 Å². The van der Waals surface area contributed by atoms with E-state index in [0.717, 1.165) is 4.90 Å². The lowest BCUT2D eigenvalue weighted by Gasteiger charge is -2.23. The number of carboxylic acid groups (broad SMARTS) is 1. The molecule has 0 spiro atoms. The summed E-state index contributed by atoms with van der Waals surface area (Å²) in [5.74, 6) is -2.03. The monoisotopic (exact) mass is 265 g/mol. The maximum absolute atomic E-state index is 11.7. The Bertz CT molecular complexity index is 502. The molecule has 0 heterocycles. The molecule has 0 saturated carbocycles. The van der Waals surface area contributed by atoms with Crippen LogP contribution in [0.2, 0.25) is 0 Å². The van der Waals surface area contributed by atoms with Crippen molar-refractivity contribution in [1.29, 1.82) is 0 Å².